The number of rotatable bonds is 4. The summed E-state index contributed by atoms with van der Waals surface area (Å²) in [6.45, 7) is 0.351. The normalized spacial score (nSPS) is 32.9. The average Bonchev–Trinajstić information content (AvgIpc) is 2.59. The second-order valence-corrected chi connectivity index (χ2v) is 4.00. The van der Waals surface area contributed by atoms with Gasteiger partial charge in [0.2, 0.25) is 0 Å². The quantitative estimate of drug-likeness (QED) is 0.812. The molecule has 4 nitrogen and oxygen atoms in total. The molecule has 1 fully saturated rings. The summed E-state index contributed by atoms with van der Waals surface area (Å²) in [5, 5.41) is 18.2. The average molecular weight is 242 g/mol. The highest BCUT2D eigenvalue weighted by Crippen LogP contribution is 2.22. The first kappa shape index (κ1) is 12.4. The van der Waals surface area contributed by atoms with E-state index in [4.69, 9.17) is 19.7 Å². The van der Waals surface area contributed by atoms with Crippen LogP contribution in [0.4, 0.5) is 4.39 Å². The highest BCUT2D eigenvalue weighted by Gasteiger charge is 2.43. The van der Waals surface area contributed by atoms with Crippen molar-refractivity contribution in [3.8, 4) is 0 Å². The van der Waals surface area contributed by atoms with E-state index in [9.17, 15) is 4.39 Å². The summed E-state index contributed by atoms with van der Waals surface area (Å²) in [7, 11) is 0. The summed E-state index contributed by atoms with van der Waals surface area (Å²) in [5.74, 6) is 0. The van der Waals surface area contributed by atoms with Gasteiger partial charge in [-0.2, -0.15) is 0 Å². The number of halogens is 1. The molecule has 0 amide bonds. The fourth-order valence-corrected chi connectivity index (χ4v) is 1.71. The summed E-state index contributed by atoms with van der Waals surface area (Å²) < 4.78 is 23.5. The van der Waals surface area contributed by atoms with Crippen LogP contribution in [0.2, 0.25) is 0 Å². The van der Waals surface area contributed by atoms with Gasteiger partial charge in [0, 0.05) is 0 Å². The Bertz CT molecular complexity index is 346. The lowest BCUT2D eigenvalue weighted by Gasteiger charge is -2.12. The first-order chi connectivity index (χ1) is 8.18. The largest absolute Gasteiger partial charge is 0.385 e. The Morgan fingerprint density at radius 1 is 1.24 bits per heavy atom. The molecule has 0 bridgehead atoms. The van der Waals surface area contributed by atoms with Gasteiger partial charge in [-0.15, -0.1) is 0 Å². The molecule has 0 aliphatic carbocycles. The van der Waals surface area contributed by atoms with Gasteiger partial charge in [0.1, 0.15) is 12.2 Å². The maximum atomic E-state index is 13.3. The van der Waals surface area contributed by atoms with Gasteiger partial charge in [0.15, 0.2) is 12.5 Å². The first-order valence-corrected chi connectivity index (χ1v) is 5.46. The van der Waals surface area contributed by atoms with Gasteiger partial charge in [0.05, 0.1) is 13.2 Å². The Morgan fingerprint density at radius 2 is 1.94 bits per heavy atom. The number of hydrogen-bond donors (Lipinski definition) is 2. The van der Waals surface area contributed by atoms with E-state index in [1.165, 1.54) is 0 Å². The predicted molar refractivity (Wildman–Crippen MR) is 57.9 cm³/mol. The van der Waals surface area contributed by atoms with Crippen LogP contribution in [0.5, 0.6) is 0 Å². The number of alkyl halides is 1. The lowest BCUT2D eigenvalue weighted by molar-refractivity contribution is -0.137. The standard InChI is InChI=1S/C12H15FO4/c13-10-9(17-12(15)11(10)14)7-16-6-8-4-2-1-3-5-8/h1-5,9-12,14-15H,6-7H2/t9-,10+,11+,12+/m1/s1. The fourth-order valence-electron chi connectivity index (χ4n) is 1.71. The monoisotopic (exact) mass is 242 g/mol. The van der Waals surface area contributed by atoms with E-state index in [1.54, 1.807) is 0 Å². The van der Waals surface area contributed by atoms with Crippen molar-refractivity contribution in [3.63, 3.8) is 0 Å². The van der Waals surface area contributed by atoms with Gasteiger partial charge in [-0.05, 0) is 5.56 Å². The molecule has 0 spiro atoms. The molecular weight excluding hydrogens is 227 g/mol. The summed E-state index contributed by atoms with van der Waals surface area (Å²) in [5.41, 5.74) is 0.974. The molecule has 94 valence electrons. The molecule has 1 heterocycles. The number of aliphatic hydroxyl groups excluding tert-OH is 2. The van der Waals surface area contributed by atoms with Crippen LogP contribution in [0.1, 0.15) is 5.56 Å². The molecule has 0 saturated carbocycles. The van der Waals surface area contributed by atoms with Gasteiger partial charge in [-0.3, -0.25) is 0 Å². The molecule has 17 heavy (non-hydrogen) atoms. The van der Waals surface area contributed by atoms with Gasteiger partial charge >= 0.3 is 0 Å². The van der Waals surface area contributed by atoms with E-state index in [0.29, 0.717) is 6.61 Å². The van der Waals surface area contributed by atoms with Crippen LogP contribution < -0.4 is 0 Å². The van der Waals surface area contributed by atoms with Crippen LogP contribution in [-0.4, -0.2) is 41.5 Å². The van der Waals surface area contributed by atoms with Crippen molar-refractivity contribution >= 4 is 0 Å². The highest BCUT2D eigenvalue weighted by molar-refractivity contribution is 5.13. The van der Waals surface area contributed by atoms with Crippen LogP contribution >= 0.6 is 0 Å². The van der Waals surface area contributed by atoms with Crippen molar-refractivity contribution in [1.29, 1.82) is 0 Å². The van der Waals surface area contributed by atoms with Crippen molar-refractivity contribution < 1.29 is 24.1 Å². The molecule has 1 aromatic rings. The van der Waals surface area contributed by atoms with Gasteiger partial charge in [-0.25, -0.2) is 4.39 Å². The second-order valence-electron chi connectivity index (χ2n) is 4.00. The van der Waals surface area contributed by atoms with Gasteiger partial charge in [0.25, 0.3) is 0 Å². The molecule has 1 aliphatic rings. The summed E-state index contributed by atoms with van der Waals surface area (Å²) >= 11 is 0. The van der Waals surface area contributed by atoms with Crippen LogP contribution in [0.15, 0.2) is 30.3 Å². The first-order valence-electron chi connectivity index (χ1n) is 5.46. The van der Waals surface area contributed by atoms with Crippen LogP contribution in [0.25, 0.3) is 0 Å². The highest BCUT2D eigenvalue weighted by atomic mass is 19.1. The maximum Gasteiger partial charge on any atom is 0.184 e. The molecule has 0 aromatic heterocycles. The third kappa shape index (κ3) is 3.01. The third-order valence-electron chi connectivity index (χ3n) is 2.68. The minimum absolute atomic E-state index is 0.00415. The lowest BCUT2D eigenvalue weighted by Crippen LogP contribution is -2.30. The van der Waals surface area contributed by atoms with Crippen LogP contribution in [0.3, 0.4) is 0 Å². The molecular formula is C12H15FO4. The number of aliphatic hydroxyl groups is 2. The fraction of sp³-hybridized carbons (Fsp3) is 0.500. The zero-order chi connectivity index (χ0) is 12.3. The molecule has 2 N–H and O–H groups in total. The summed E-state index contributed by atoms with van der Waals surface area (Å²) in [6.07, 6.45) is -5.47. The molecule has 2 rings (SSSR count). The van der Waals surface area contributed by atoms with E-state index in [2.05, 4.69) is 0 Å². The Kier molecular flexibility index (Phi) is 4.06. The molecule has 0 unspecified atom stereocenters. The zero-order valence-electron chi connectivity index (χ0n) is 9.20. The Balaban J connectivity index is 1.76. The van der Waals surface area contributed by atoms with Gasteiger partial charge < -0.3 is 19.7 Å². The Hall–Kier alpha value is -1.01. The molecule has 1 aliphatic heterocycles. The number of ether oxygens (including phenoxy) is 2. The van der Waals surface area contributed by atoms with E-state index in [1.807, 2.05) is 30.3 Å². The van der Waals surface area contributed by atoms with Crippen molar-refractivity contribution in [2.45, 2.75) is 31.3 Å². The van der Waals surface area contributed by atoms with E-state index in [0.717, 1.165) is 5.56 Å². The van der Waals surface area contributed by atoms with E-state index >= 15 is 0 Å². The third-order valence-corrected chi connectivity index (χ3v) is 2.68. The zero-order valence-corrected chi connectivity index (χ0v) is 9.20. The number of hydrogen-bond acceptors (Lipinski definition) is 4. The Labute approximate surface area is 98.6 Å². The van der Waals surface area contributed by atoms with Crippen molar-refractivity contribution in [2.75, 3.05) is 6.61 Å². The van der Waals surface area contributed by atoms with Crippen molar-refractivity contribution in [1.82, 2.24) is 0 Å². The van der Waals surface area contributed by atoms with E-state index < -0.39 is 24.7 Å². The Morgan fingerprint density at radius 3 is 2.53 bits per heavy atom. The lowest BCUT2D eigenvalue weighted by atomic mass is 10.2. The van der Waals surface area contributed by atoms with Crippen LogP contribution in [0, 0.1) is 0 Å². The molecule has 1 aromatic carbocycles. The number of benzene rings is 1. The summed E-state index contributed by atoms with van der Waals surface area (Å²) in [6, 6.07) is 9.46. The molecule has 5 heteroatoms. The molecule has 1 saturated heterocycles. The predicted octanol–water partition coefficient (Wildman–Crippen LogP) is 0.619. The molecule has 0 radical (unpaired) electrons. The smallest absolute Gasteiger partial charge is 0.184 e. The van der Waals surface area contributed by atoms with Crippen molar-refractivity contribution in [2.24, 2.45) is 0 Å². The maximum absolute atomic E-state index is 13.3. The topological polar surface area (TPSA) is 58.9 Å². The SMILES string of the molecule is O[C@H]1[C@@H](F)[C@@H](COCc2ccccc2)O[C@@H]1O. The van der Waals surface area contributed by atoms with Crippen LogP contribution in [-0.2, 0) is 16.1 Å². The van der Waals surface area contributed by atoms with Gasteiger partial charge in [-0.1, -0.05) is 30.3 Å². The van der Waals surface area contributed by atoms with Crippen molar-refractivity contribution in [3.05, 3.63) is 35.9 Å². The van der Waals surface area contributed by atoms with E-state index in [-0.39, 0.29) is 6.61 Å². The minimum atomic E-state index is -1.61. The summed E-state index contributed by atoms with van der Waals surface area (Å²) in [4.78, 5) is 0. The second kappa shape index (κ2) is 5.55. The minimum Gasteiger partial charge on any atom is -0.385 e. The molecule has 4 atom stereocenters.